The van der Waals surface area contributed by atoms with Crippen LogP contribution in [0.15, 0.2) is 23.2 Å². The van der Waals surface area contributed by atoms with E-state index in [1.807, 2.05) is 18.2 Å². The summed E-state index contributed by atoms with van der Waals surface area (Å²) in [4.78, 5) is 4.16. The molecule has 0 amide bonds. The zero-order chi connectivity index (χ0) is 16.2. The first-order valence-electron chi connectivity index (χ1n) is 7.01. The van der Waals surface area contributed by atoms with Crippen LogP contribution in [0.4, 0.5) is 5.69 Å². The number of hydrogen-bond donors (Lipinski definition) is 2. The molecule has 0 radical (unpaired) electrons. The summed E-state index contributed by atoms with van der Waals surface area (Å²) < 4.78 is 20.8. The highest BCUT2D eigenvalue weighted by molar-refractivity contribution is 14.0. The van der Waals surface area contributed by atoms with Gasteiger partial charge in [0.25, 0.3) is 0 Å². The number of nitrogens with one attached hydrogen (secondary N) is 2. The second kappa shape index (κ2) is 13.2. The fraction of sp³-hybridized carbons (Fsp3) is 0.533. The number of hydrogen-bond acceptors (Lipinski definition) is 5. The molecule has 0 saturated carbocycles. The van der Waals surface area contributed by atoms with Gasteiger partial charge in [-0.25, -0.2) is 0 Å². The van der Waals surface area contributed by atoms with E-state index in [2.05, 4.69) is 15.6 Å². The molecule has 132 valence electrons. The van der Waals surface area contributed by atoms with Crippen molar-refractivity contribution in [1.82, 2.24) is 5.32 Å². The van der Waals surface area contributed by atoms with Crippen LogP contribution in [0.3, 0.4) is 0 Å². The molecular weight excluding hydrogens is 413 g/mol. The molecule has 1 aromatic rings. The molecule has 0 aliphatic heterocycles. The molecule has 1 aromatic carbocycles. The van der Waals surface area contributed by atoms with E-state index in [0.717, 1.165) is 5.69 Å². The van der Waals surface area contributed by atoms with Crippen LogP contribution in [0, 0.1) is 0 Å². The van der Waals surface area contributed by atoms with E-state index in [4.69, 9.17) is 18.9 Å². The maximum absolute atomic E-state index is 5.38. The summed E-state index contributed by atoms with van der Waals surface area (Å²) in [5.74, 6) is 2.00. The van der Waals surface area contributed by atoms with Crippen molar-refractivity contribution in [2.75, 3.05) is 60.1 Å². The molecule has 0 aliphatic carbocycles. The SMILES string of the molecule is CN=C(NCCOCCOC)Nc1ccc(OC)c(OC)c1.I. The molecule has 23 heavy (non-hydrogen) atoms. The summed E-state index contributed by atoms with van der Waals surface area (Å²) in [6, 6.07) is 5.58. The molecular formula is C15H26IN3O4. The first-order chi connectivity index (χ1) is 10.7. The molecule has 0 aromatic heterocycles. The topological polar surface area (TPSA) is 73.3 Å². The number of guanidine groups is 1. The van der Waals surface area contributed by atoms with Gasteiger partial charge in [0.15, 0.2) is 17.5 Å². The van der Waals surface area contributed by atoms with Gasteiger partial charge in [-0.05, 0) is 12.1 Å². The predicted molar refractivity (Wildman–Crippen MR) is 103 cm³/mol. The standard InChI is InChI=1S/C15H25N3O4.HI/c1-16-15(17-7-8-22-10-9-19-2)18-12-5-6-13(20-3)14(11-12)21-4;/h5-6,11H,7-10H2,1-4H3,(H2,16,17,18);1H. The van der Waals surface area contributed by atoms with Crippen molar-refractivity contribution in [3.05, 3.63) is 18.2 Å². The summed E-state index contributed by atoms with van der Waals surface area (Å²) in [6.07, 6.45) is 0. The normalized spacial score (nSPS) is 10.7. The van der Waals surface area contributed by atoms with Crippen LogP contribution in [0.2, 0.25) is 0 Å². The lowest BCUT2D eigenvalue weighted by molar-refractivity contribution is 0.0734. The van der Waals surface area contributed by atoms with Crippen molar-refractivity contribution in [3.8, 4) is 11.5 Å². The zero-order valence-corrected chi connectivity index (χ0v) is 16.4. The number of rotatable bonds is 9. The van der Waals surface area contributed by atoms with Gasteiger partial charge in [-0.15, -0.1) is 24.0 Å². The van der Waals surface area contributed by atoms with Crippen LogP contribution in [0.25, 0.3) is 0 Å². The summed E-state index contributed by atoms with van der Waals surface area (Å²) in [5, 5.41) is 6.34. The summed E-state index contributed by atoms with van der Waals surface area (Å²) in [5.41, 5.74) is 0.853. The monoisotopic (exact) mass is 439 g/mol. The molecule has 8 heteroatoms. The molecule has 1 rings (SSSR count). The molecule has 2 N–H and O–H groups in total. The van der Waals surface area contributed by atoms with E-state index in [-0.39, 0.29) is 24.0 Å². The number of halogens is 1. The van der Waals surface area contributed by atoms with E-state index in [1.54, 1.807) is 28.4 Å². The molecule has 0 bridgehead atoms. The van der Waals surface area contributed by atoms with E-state index < -0.39 is 0 Å². The number of ether oxygens (including phenoxy) is 4. The Morgan fingerprint density at radius 1 is 1.04 bits per heavy atom. The van der Waals surface area contributed by atoms with E-state index >= 15 is 0 Å². The maximum Gasteiger partial charge on any atom is 0.195 e. The van der Waals surface area contributed by atoms with Gasteiger partial charge in [0.1, 0.15) is 0 Å². The maximum atomic E-state index is 5.38. The average molecular weight is 439 g/mol. The van der Waals surface area contributed by atoms with E-state index in [1.165, 1.54) is 0 Å². The fourth-order valence-corrected chi connectivity index (χ4v) is 1.72. The molecule has 0 saturated heterocycles. The van der Waals surface area contributed by atoms with Gasteiger partial charge in [0.2, 0.25) is 0 Å². The van der Waals surface area contributed by atoms with Crippen molar-refractivity contribution in [3.63, 3.8) is 0 Å². The van der Waals surface area contributed by atoms with E-state index in [9.17, 15) is 0 Å². The first-order valence-corrected chi connectivity index (χ1v) is 7.01. The molecule has 0 aliphatic rings. The lowest BCUT2D eigenvalue weighted by Gasteiger charge is -2.14. The Hall–Kier alpha value is -1.26. The predicted octanol–water partition coefficient (Wildman–Crippen LogP) is 1.97. The zero-order valence-electron chi connectivity index (χ0n) is 14.0. The Balaban J connectivity index is 0.00000484. The quantitative estimate of drug-likeness (QED) is 0.265. The summed E-state index contributed by atoms with van der Waals surface area (Å²) in [6.45, 7) is 2.41. The largest absolute Gasteiger partial charge is 0.493 e. The number of anilines is 1. The fourth-order valence-electron chi connectivity index (χ4n) is 1.72. The van der Waals surface area contributed by atoms with Crippen molar-refractivity contribution in [1.29, 1.82) is 0 Å². The Morgan fingerprint density at radius 2 is 1.78 bits per heavy atom. The lowest BCUT2D eigenvalue weighted by Crippen LogP contribution is -2.33. The van der Waals surface area contributed by atoms with Gasteiger partial charge in [-0.1, -0.05) is 0 Å². The van der Waals surface area contributed by atoms with Gasteiger partial charge >= 0.3 is 0 Å². The van der Waals surface area contributed by atoms with Crippen LogP contribution in [-0.2, 0) is 9.47 Å². The van der Waals surface area contributed by atoms with Crippen molar-refractivity contribution in [2.45, 2.75) is 0 Å². The Morgan fingerprint density at radius 3 is 2.39 bits per heavy atom. The molecule has 0 fully saturated rings. The highest BCUT2D eigenvalue weighted by Gasteiger charge is 2.06. The van der Waals surface area contributed by atoms with Gasteiger partial charge in [0, 0.05) is 32.5 Å². The number of methoxy groups -OCH3 is 3. The Kier molecular flexibility index (Phi) is 12.5. The minimum absolute atomic E-state index is 0. The molecule has 0 heterocycles. The van der Waals surface area contributed by atoms with Crippen LogP contribution in [0.1, 0.15) is 0 Å². The summed E-state index contributed by atoms with van der Waals surface area (Å²) >= 11 is 0. The first kappa shape index (κ1) is 21.7. The molecule has 0 atom stereocenters. The second-order valence-electron chi connectivity index (χ2n) is 4.30. The van der Waals surface area contributed by atoms with Crippen molar-refractivity contribution >= 4 is 35.6 Å². The number of nitrogens with zero attached hydrogens (tertiary/aromatic N) is 1. The van der Waals surface area contributed by atoms with Crippen LogP contribution >= 0.6 is 24.0 Å². The Labute approximate surface area is 154 Å². The highest BCUT2D eigenvalue weighted by atomic mass is 127. The van der Waals surface area contributed by atoms with Crippen LogP contribution in [0.5, 0.6) is 11.5 Å². The third kappa shape index (κ3) is 8.24. The van der Waals surface area contributed by atoms with Gasteiger partial charge in [0.05, 0.1) is 34.0 Å². The number of aliphatic imine (C=N–C) groups is 1. The Bertz CT molecular complexity index is 472. The van der Waals surface area contributed by atoms with E-state index in [0.29, 0.717) is 43.8 Å². The molecule has 0 unspecified atom stereocenters. The lowest BCUT2D eigenvalue weighted by atomic mass is 10.3. The minimum Gasteiger partial charge on any atom is -0.493 e. The third-order valence-electron chi connectivity index (χ3n) is 2.84. The highest BCUT2D eigenvalue weighted by Crippen LogP contribution is 2.29. The molecule has 0 spiro atoms. The van der Waals surface area contributed by atoms with Crippen molar-refractivity contribution in [2.24, 2.45) is 4.99 Å². The van der Waals surface area contributed by atoms with Crippen LogP contribution in [-0.4, -0.2) is 60.7 Å². The number of benzene rings is 1. The molecule has 7 nitrogen and oxygen atoms in total. The third-order valence-corrected chi connectivity index (χ3v) is 2.84. The van der Waals surface area contributed by atoms with Gasteiger partial charge in [-0.3, -0.25) is 4.99 Å². The minimum atomic E-state index is 0. The van der Waals surface area contributed by atoms with Crippen LogP contribution < -0.4 is 20.1 Å². The van der Waals surface area contributed by atoms with Gasteiger partial charge in [-0.2, -0.15) is 0 Å². The smallest absolute Gasteiger partial charge is 0.195 e. The summed E-state index contributed by atoms with van der Waals surface area (Å²) in [7, 11) is 6.57. The second-order valence-corrected chi connectivity index (χ2v) is 4.30. The van der Waals surface area contributed by atoms with Crippen molar-refractivity contribution < 1.29 is 18.9 Å². The average Bonchev–Trinajstić information content (AvgIpc) is 2.56. The van der Waals surface area contributed by atoms with Gasteiger partial charge < -0.3 is 29.6 Å².